The molecule has 35 heavy (non-hydrogen) atoms. The number of carbonyl (C=O) groups excluding carboxylic acids is 2. The highest BCUT2D eigenvalue weighted by Crippen LogP contribution is 2.42. The van der Waals surface area contributed by atoms with Crippen molar-refractivity contribution in [2.45, 2.75) is 31.8 Å². The van der Waals surface area contributed by atoms with E-state index in [0.717, 1.165) is 28.8 Å². The first-order valence-electron chi connectivity index (χ1n) is 12.4. The fraction of sp³-hybridized carbons (Fsp3) is 0.379. The summed E-state index contributed by atoms with van der Waals surface area (Å²) < 4.78 is 5.58. The van der Waals surface area contributed by atoms with Gasteiger partial charge in [0.25, 0.3) is 0 Å². The molecule has 1 aromatic heterocycles. The Balaban J connectivity index is 1.21. The van der Waals surface area contributed by atoms with Crippen LogP contribution >= 0.6 is 11.3 Å². The number of hydrogen-bond donors (Lipinski definition) is 1. The van der Waals surface area contributed by atoms with E-state index in [2.05, 4.69) is 5.32 Å². The molecule has 3 aromatic rings. The summed E-state index contributed by atoms with van der Waals surface area (Å²) in [6.07, 6.45) is 1.95. The first-order chi connectivity index (χ1) is 17.1. The minimum Gasteiger partial charge on any atom is -0.445 e. The Labute approximate surface area is 211 Å². The maximum Gasteiger partial charge on any atom is 0.410 e. The van der Waals surface area contributed by atoms with E-state index in [-0.39, 0.29) is 12.0 Å². The summed E-state index contributed by atoms with van der Waals surface area (Å²) >= 11 is 1.62. The largest absolute Gasteiger partial charge is 0.445 e. The van der Waals surface area contributed by atoms with Gasteiger partial charge in [-0.25, -0.2) is 4.79 Å². The molecule has 2 heterocycles. The second-order valence-corrected chi connectivity index (χ2v) is 10.8. The number of hydrogen-bond acceptors (Lipinski definition) is 4. The van der Waals surface area contributed by atoms with Gasteiger partial charge in [-0.2, -0.15) is 0 Å². The molecule has 1 saturated carbocycles. The third-order valence-electron chi connectivity index (χ3n) is 7.81. The van der Waals surface area contributed by atoms with E-state index in [9.17, 15) is 9.59 Å². The standard InChI is InChI=1S/C29H32N2O3S/c1-29(26-13-8-16-35-26,24-11-6-3-7-12-24)27(32)30-17-25-22-14-15-23(25)19-31(18-22)28(33)34-20-21-9-4-2-5-10-21/h2-13,16,22-23,25H,14-15,17-20H2,1H3,(H,30,32). The molecule has 1 N–H and O–H groups in total. The fourth-order valence-electron chi connectivity index (χ4n) is 5.74. The van der Waals surface area contributed by atoms with Gasteiger partial charge in [-0.1, -0.05) is 66.7 Å². The number of amides is 2. The van der Waals surface area contributed by atoms with Gasteiger partial charge in [0.05, 0.1) is 0 Å². The van der Waals surface area contributed by atoms with Gasteiger partial charge in [0.15, 0.2) is 0 Å². The van der Waals surface area contributed by atoms with Crippen molar-refractivity contribution in [1.29, 1.82) is 0 Å². The topological polar surface area (TPSA) is 58.6 Å². The smallest absolute Gasteiger partial charge is 0.410 e. The van der Waals surface area contributed by atoms with E-state index in [1.54, 1.807) is 11.3 Å². The molecule has 1 aliphatic heterocycles. The number of carbonyl (C=O) groups is 2. The zero-order chi connectivity index (χ0) is 24.3. The van der Waals surface area contributed by atoms with E-state index in [1.807, 2.05) is 90.0 Å². The van der Waals surface area contributed by atoms with E-state index < -0.39 is 5.41 Å². The summed E-state index contributed by atoms with van der Waals surface area (Å²) in [5.41, 5.74) is 1.27. The van der Waals surface area contributed by atoms with Crippen molar-refractivity contribution in [2.24, 2.45) is 17.8 Å². The molecule has 1 aliphatic carbocycles. The lowest BCUT2D eigenvalue weighted by Crippen LogP contribution is -2.50. The lowest BCUT2D eigenvalue weighted by molar-refractivity contribution is -0.125. The van der Waals surface area contributed by atoms with Gasteiger partial charge in [0.2, 0.25) is 5.91 Å². The molecule has 2 bridgehead atoms. The van der Waals surface area contributed by atoms with Crippen LogP contribution in [0.1, 0.15) is 35.8 Å². The Morgan fingerprint density at radius 2 is 1.63 bits per heavy atom. The van der Waals surface area contributed by atoms with Crippen molar-refractivity contribution in [3.8, 4) is 0 Å². The molecule has 2 amide bonds. The molecular formula is C29H32N2O3S. The molecule has 0 spiro atoms. The molecule has 2 aliphatic rings. The van der Waals surface area contributed by atoms with Crippen LogP contribution in [0.5, 0.6) is 0 Å². The number of ether oxygens (including phenoxy) is 1. The third-order valence-corrected chi connectivity index (χ3v) is 8.90. The molecule has 3 atom stereocenters. The summed E-state index contributed by atoms with van der Waals surface area (Å²) in [5, 5.41) is 5.33. The van der Waals surface area contributed by atoms with Gasteiger partial charge in [0.1, 0.15) is 12.0 Å². The van der Waals surface area contributed by atoms with Crippen LogP contribution in [0.2, 0.25) is 0 Å². The second-order valence-electron chi connectivity index (χ2n) is 9.88. The molecular weight excluding hydrogens is 456 g/mol. The Hall–Kier alpha value is -3.12. The molecule has 3 unspecified atom stereocenters. The van der Waals surface area contributed by atoms with Gasteiger partial charge in [-0.3, -0.25) is 4.79 Å². The summed E-state index contributed by atoms with van der Waals surface area (Å²) in [6, 6.07) is 23.8. The molecule has 182 valence electrons. The van der Waals surface area contributed by atoms with Crippen LogP contribution in [0.15, 0.2) is 78.2 Å². The maximum absolute atomic E-state index is 13.6. The quantitative estimate of drug-likeness (QED) is 0.480. The van der Waals surface area contributed by atoms with Crippen LogP contribution in [0, 0.1) is 17.8 Å². The number of benzene rings is 2. The first kappa shape index (κ1) is 23.6. The average Bonchev–Trinajstić information content (AvgIpc) is 3.52. The third kappa shape index (κ3) is 4.85. The first-order valence-corrected chi connectivity index (χ1v) is 13.3. The van der Waals surface area contributed by atoms with Crippen molar-refractivity contribution in [3.05, 3.63) is 94.2 Å². The predicted octanol–water partition coefficient (Wildman–Crippen LogP) is 5.47. The second kappa shape index (κ2) is 10.2. The number of fused-ring (bicyclic) bond motifs is 2. The van der Waals surface area contributed by atoms with Crippen LogP contribution in [-0.4, -0.2) is 36.5 Å². The molecule has 2 aromatic carbocycles. The maximum atomic E-state index is 13.6. The SMILES string of the molecule is CC(C(=O)NCC1C2CCC1CN(C(=O)OCc1ccccc1)C2)(c1ccccc1)c1cccs1. The van der Waals surface area contributed by atoms with Gasteiger partial charge in [0, 0.05) is 24.5 Å². The minimum absolute atomic E-state index is 0.0373. The van der Waals surface area contributed by atoms with Crippen molar-refractivity contribution >= 4 is 23.3 Å². The lowest BCUT2D eigenvalue weighted by atomic mass is 9.79. The number of piperidine rings is 1. The highest BCUT2D eigenvalue weighted by molar-refractivity contribution is 7.10. The molecule has 1 saturated heterocycles. The molecule has 5 nitrogen and oxygen atoms in total. The summed E-state index contributed by atoms with van der Waals surface area (Å²) in [6.45, 7) is 4.36. The Morgan fingerprint density at radius 1 is 0.971 bits per heavy atom. The molecule has 5 rings (SSSR count). The summed E-state index contributed by atoms with van der Waals surface area (Å²) in [7, 11) is 0. The Morgan fingerprint density at radius 3 is 2.26 bits per heavy atom. The molecule has 2 fully saturated rings. The number of rotatable bonds is 7. The van der Waals surface area contributed by atoms with Gasteiger partial charge >= 0.3 is 6.09 Å². The van der Waals surface area contributed by atoms with E-state index in [1.165, 1.54) is 0 Å². The van der Waals surface area contributed by atoms with Crippen LogP contribution in [0.4, 0.5) is 4.79 Å². The van der Waals surface area contributed by atoms with Crippen LogP contribution in [0.25, 0.3) is 0 Å². The molecule has 6 heteroatoms. The lowest BCUT2D eigenvalue weighted by Gasteiger charge is -2.38. The minimum atomic E-state index is -0.726. The number of thiophene rings is 1. The normalized spacial score (nSPS) is 22.9. The zero-order valence-corrected chi connectivity index (χ0v) is 20.9. The Kier molecular flexibility index (Phi) is 6.91. The van der Waals surface area contributed by atoms with Crippen LogP contribution in [0.3, 0.4) is 0 Å². The number of nitrogens with one attached hydrogen (secondary N) is 1. The van der Waals surface area contributed by atoms with E-state index >= 15 is 0 Å². The number of nitrogens with zero attached hydrogens (tertiary/aromatic N) is 1. The van der Waals surface area contributed by atoms with Gasteiger partial charge < -0.3 is 15.0 Å². The van der Waals surface area contributed by atoms with Crippen molar-refractivity contribution in [2.75, 3.05) is 19.6 Å². The van der Waals surface area contributed by atoms with E-state index in [0.29, 0.717) is 44.0 Å². The zero-order valence-electron chi connectivity index (χ0n) is 20.1. The predicted molar refractivity (Wildman–Crippen MR) is 138 cm³/mol. The van der Waals surface area contributed by atoms with Crippen LogP contribution in [-0.2, 0) is 21.6 Å². The van der Waals surface area contributed by atoms with Gasteiger partial charge in [-0.15, -0.1) is 11.3 Å². The highest BCUT2D eigenvalue weighted by Gasteiger charge is 2.45. The van der Waals surface area contributed by atoms with E-state index in [4.69, 9.17) is 4.74 Å². The van der Waals surface area contributed by atoms with Crippen molar-refractivity contribution < 1.29 is 14.3 Å². The number of likely N-dealkylation sites (tertiary alicyclic amines) is 1. The van der Waals surface area contributed by atoms with Crippen molar-refractivity contribution in [1.82, 2.24) is 10.2 Å². The highest BCUT2D eigenvalue weighted by atomic mass is 32.1. The average molecular weight is 489 g/mol. The summed E-state index contributed by atoms with van der Waals surface area (Å²) in [5.74, 6) is 1.21. The Bertz CT molecular complexity index is 1120. The van der Waals surface area contributed by atoms with Gasteiger partial charge in [-0.05, 0) is 60.1 Å². The summed E-state index contributed by atoms with van der Waals surface area (Å²) in [4.78, 5) is 29.3. The van der Waals surface area contributed by atoms with Crippen LogP contribution < -0.4 is 5.32 Å². The van der Waals surface area contributed by atoms with Crippen molar-refractivity contribution in [3.63, 3.8) is 0 Å². The fourth-order valence-corrected chi connectivity index (χ4v) is 6.64. The monoisotopic (exact) mass is 488 g/mol. The molecule has 0 radical (unpaired) electrons.